The first-order valence-corrected chi connectivity index (χ1v) is 6.31. The molecule has 1 aromatic carbocycles. The Morgan fingerprint density at radius 3 is 2.50 bits per heavy atom. The molecule has 0 bridgehead atoms. The molecule has 108 valence electrons. The average Bonchev–Trinajstić information content (AvgIpc) is 2.39. The first-order valence-electron chi connectivity index (χ1n) is 6.31. The minimum atomic E-state index is -0.891. The minimum absolute atomic E-state index is 0.156. The molecule has 1 aromatic rings. The topological polar surface area (TPSA) is 84.5 Å². The van der Waals surface area contributed by atoms with E-state index in [1.54, 1.807) is 31.2 Å². The molecule has 0 heterocycles. The van der Waals surface area contributed by atoms with Gasteiger partial charge in [0, 0.05) is 6.54 Å². The number of ether oxygens (including phenoxy) is 1. The Bertz CT molecular complexity index is 514. The van der Waals surface area contributed by atoms with Crippen LogP contribution in [0.2, 0.25) is 0 Å². The summed E-state index contributed by atoms with van der Waals surface area (Å²) in [5.41, 5.74) is 0.394. The van der Waals surface area contributed by atoms with Crippen molar-refractivity contribution in [2.75, 3.05) is 6.54 Å². The van der Waals surface area contributed by atoms with Crippen LogP contribution in [-0.4, -0.2) is 30.4 Å². The predicted molar refractivity (Wildman–Crippen MR) is 73.8 cm³/mol. The molecule has 0 saturated heterocycles. The van der Waals surface area contributed by atoms with E-state index in [2.05, 4.69) is 10.6 Å². The van der Waals surface area contributed by atoms with Crippen LogP contribution in [0.15, 0.2) is 24.3 Å². The van der Waals surface area contributed by atoms with Crippen molar-refractivity contribution in [3.05, 3.63) is 29.8 Å². The highest BCUT2D eigenvalue weighted by Gasteiger charge is 2.19. The van der Waals surface area contributed by atoms with Gasteiger partial charge in [0.25, 0.3) is 5.91 Å². The number of carbonyl (C=O) groups excluding carboxylic acids is 3. The molecule has 0 radical (unpaired) electrons. The lowest BCUT2D eigenvalue weighted by Gasteiger charge is -2.16. The molecule has 0 aliphatic carbocycles. The van der Waals surface area contributed by atoms with Gasteiger partial charge in [0.1, 0.15) is 5.75 Å². The van der Waals surface area contributed by atoms with Gasteiger partial charge in [0.15, 0.2) is 11.9 Å². The summed E-state index contributed by atoms with van der Waals surface area (Å²) in [6.07, 6.45) is -0.891. The molecule has 0 saturated carbocycles. The van der Waals surface area contributed by atoms with Crippen LogP contribution in [0.4, 0.5) is 4.79 Å². The molecule has 0 aliphatic heterocycles. The van der Waals surface area contributed by atoms with Gasteiger partial charge in [-0.2, -0.15) is 0 Å². The van der Waals surface area contributed by atoms with Crippen LogP contribution in [0, 0.1) is 0 Å². The maximum atomic E-state index is 11.7. The molecular formula is C14H18N2O4. The summed E-state index contributed by atoms with van der Waals surface area (Å²) in [7, 11) is 0. The molecule has 0 aliphatic rings. The van der Waals surface area contributed by atoms with Gasteiger partial charge in [-0.05, 0) is 32.9 Å². The second kappa shape index (κ2) is 7.28. The van der Waals surface area contributed by atoms with Crippen LogP contribution in [0.3, 0.4) is 0 Å². The van der Waals surface area contributed by atoms with Gasteiger partial charge in [-0.25, -0.2) is 4.79 Å². The number of amides is 3. The van der Waals surface area contributed by atoms with Gasteiger partial charge in [0.05, 0.1) is 5.56 Å². The van der Waals surface area contributed by atoms with Crippen molar-refractivity contribution in [2.45, 2.75) is 26.9 Å². The highest BCUT2D eigenvalue weighted by Crippen LogP contribution is 2.19. The molecule has 1 unspecified atom stereocenters. The predicted octanol–water partition coefficient (Wildman–Crippen LogP) is 1.50. The van der Waals surface area contributed by atoms with Gasteiger partial charge in [-0.1, -0.05) is 12.1 Å². The second-order valence-electron chi connectivity index (χ2n) is 4.16. The van der Waals surface area contributed by atoms with Crippen molar-refractivity contribution in [1.82, 2.24) is 10.6 Å². The zero-order chi connectivity index (χ0) is 15.1. The Kier molecular flexibility index (Phi) is 5.71. The number of ketones is 1. The number of para-hydroxylation sites is 1. The minimum Gasteiger partial charge on any atom is -0.480 e. The average molecular weight is 278 g/mol. The third-order valence-corrected chi connectivity index (χ3v) is 2.51. The standard InChI is InChI=1S/C14H18N2O4/c1-4-15-14(19)16-13(18)10(3)20-12-8-6-5-7-11(12)9(2)17/h5-8,10H,4H2,1-3H3,(H2,15,16,18,19). The number of nitrogens with one attached hydrogen (secondary N) is 2. The van der Waals surface area contributed by atoms with E-state index in [4.69, 9.17) is 4.74 Å². The molecule has 3 amide bonds. The molecule has 0 fully saturated rings. The molecule has 2 N–H and O–H groups in total. The molecule has 1 atom stereocenters. The Morgan fingerprint density at radius 2 is 1.90 bits per heavy atom. The van der Waals surface area contributed by atoms with E-state index in [1.165, 1.54) is 13.8 Å². The summed E-state index contributed by atoms with van der Waals surface area (Å²) < 4.78 is 5.43. The van der Waals surface area contributed by atoms with E-state index in [0.717, 1.165) is 0 Å². The van der Waals surface area contributed by atoms with E-state index < -0.39 is 18.0 Å². The lowest BCUT2D eigenvalue weighted by Crippen LogP contribution is -2.45. The maximum absolute atomic E-state index is 11.7. The highest BCUT2D eigenvalue weighted by atomic mass is 16.5. The van der Waals surface area contributed by atoms with Crippen LogP contribution in [0.1, 0.15) is 31.1 Å². The third kappa shape index (κ3) is 4.38. The highest BCUT2D eigenvalue weighted by molar-refractivity contribution is 5.98. The number of imide groups is 1. The Labute approximate surface area is 117 Å². The Hall–Kier alpha value is -2.37. The van der Waals surface area contributed by atoms with E-state index in [9.17, 15) is 14.4 Å². The summed E-state index contributed by atoms with van der Waals surface area (Å²) in [5, 5.41) is 4.59. The van der Waals surface area contributed by atoms with Crippen molar-refractivity contribution in [1.29, 1.82) is 0 Å². The zero-order valence-electron chi connectivity index (χ0n) is 11.7. The molecule has 0 spiro atoms. The number of Topliss-reactive ketones (excluding diaryl/α,β-unsaturated/α-hetero) is 1. The number of urea groups is 1. The van der Waals surface area contributed by atoms with E-state index in [-0.39, 0.29) is 5.78 Å². The molecule has 6 nitrogen and oxygen atoms in total. The van der Waals surface area contributed by atoms with Crippen LogP contribution in [0.5, 0.6) is 5.75 Å². The molecular weight excluding hydrogens is 260 g/mol. The fourth-order valence-corrected chi connectivity index (χ4v) is 1.52. The maximum Gasteiger partial charge on any atom is 0.321 e. The van der Waals surface area contributed by atoms with Crippen LogP contribution in [-0.2, 0) is 4.79 Å². The SMILES string of the molecule is CCNC(=O)NC(=O)C(C)Oc1ccccc1C(C)=O. The van der Waals surface area contributed by atoms with Gasteiger partial charge in [-0.3, -0.25) is 14.9 Å². The van der Waals surface area contributed by atoms with Gasteiger partial charge in [-0.15, -0.1) is 0 Å². The van der Waals surface area contributed by atoms with Crippen molar-refractivity contribution < 1.29 is 19.1 Å². The third-order valence-electron chi connectivity index (χ3n) is 2.51. The summed E-state index contributed by atoms with van der Waals surface area (Å²) >= 11 is 0. The van der Waals surface area contributed by atoms with Crippen LogP contribution >= 0.6 is 0 Å². The summed E-state index contributed by atoms with van der Waals surface area (Å²) in [4.78, 5) is 34.4. The first kappa shape index (κ1) is 15.7. The van der Waals surface area contributed by atoms with E-state index in [0.29, 0.717) is 17.9 Å². The zero-order valence-corrected chi connectivity index (χ0v) is 11.7. The number of rotatable bonds is 5. The lowest BCUT2D eigenvalue weighted by molar-refractivity contribution is -0.126. The number of hydrogen-bond donors (Lipinski definition) is 2. The van der Waals surface area contributed by atoms with Gasteiger partial charge >= 0.3 is 6.03 Å². The summed E-state index contributed by atoms with van der Waals surface area (Å²) in [6, 6.07) is 6.06. The molecule has 1 rings (SSSR count). The first-order chi connectivity index (χ1) is 9.45. The molecule has 0 aromatic heterocycles. The Morgan fingerprint density at radius 1 is 1.25 bits per heavy atom. The summed E-state index contributed by atoms with van der Waals surface area (Å²) in [5.74, 6) is -0.412. The lowest BCUT2D eigenvalue weighted by atomic mass is 10.1. The van der Waals surface area contributed by atoms with E-state index in [1.807, 2.05) is 0 Å². The van der Waals surface area contributed by atoms with E-state index >= 15 is 0 Å². The normalized spacial score (nSPS) is 11.3. The number of hydrogen-bond acceptors (Lipinski definition) is 4. The molecule has 6 heteroatoms. The smallest absolute Gasteiger partial charge is 0.321 e. The number of carbonyl (C=O) groups is 3. The summed E-state index contributed by atoms with van der Waals surface area (Å²) in [6.45, 7) is 5.09. The van der Waals surface area contributed by atoms with Gasteiger partial charge in [0.2, 0.25) is 0 Å². The second-order valence-corrected chi connectivity index (χ2v) is 4.16. The van der Waals surface area contributed by atoms with Crippen molar-refractivity contribution >= 4 is 17.7 Å². The van der Waals surface area contributed by atoms with Gasteiger partial charge < -0.3 is 10.1 Å². The molecule has 20 heavy (non-hydrogen) atoms. The van der Waals surface area contributed by atoms with Crippen LogP contribution in [0.25, 0.3) is 0 Å². The van der Waals surface area contributed by atoms with Crippen molar-refractivity contribution in [2.24, 2.45) is 0 Å². The van der Waals surface area contributed by atoms with Crippen molar-refractivity contribution in [3.63, 3.8) is 0 Å². The van der Waals surface area contributed by atoms with Crippen LogP contribution < -0.4 is 15.4 Å². The Balaban J connectivity index is 2.71. The number of benzene rings is 1. The van der Waals surface area contributed by atoms with Crippen molar-refractivity contribution in [3.8, 4) is 5.75 Å². The fraction of sp³-hybridized carbons (Fsp3) is 0.357. The largest absolute Gasteiger partial charge is 0.480 e. The monoisotopic (exact) mass is 278 g/mol. The fourth-order valence-electron chi connectivity index (χ4n) is 1.52. The quantitative estimate of drug-likeness (QED) is 0.799.